The van der Waals surface area contributed by atoms with E-state index in [9.17, 15) is 0 Å². The van der Waals surface area contributed by atoms with Gasteiger partial charge in [-0.15, -0.1) is 0 Å². The van der Waals surface area contributed by atoms with Gasteiger partial charge in [-0.25, -0.2) is 0 Å². The Morgan fingerprint density at radius 2 is 1.75 bits per heavy atom. The molecule has 2 aliphatic rings. The van der Waals surface area contributed by atoms with Gasteiger partial charge in [-0.3, -0.25) is 0 Å². The monoisotopic (exact) mass is 241 g/mol. The summed E-state index contributed by atoms with van der Waals surface area (Å²) in [4.78, 5) is 0. The normalized spacial score (nSPS) is 39.4. The summed E-state index contributed by atoms with van der Waals surface area (Å²) in [6.07, 6.45) is 10.0. The molecule has 0 heterocycles. The molecule has 4 atom stereocenters. The molecule has 0 bridgehead atoms. The van der Waals surface area contributed by atoms with Crippen LogP contribution < -0.4 is 5.32 Å². The van der Waals surface area contributed by atoms with Crippen molar-refractivity contribution in [2.45, 2.75) is 76.1 Å². The Hall–Kier alpha value is 0.310. The summed E-state index contributed by atoms with van der Waals surface area (Å²) in [6.45, 7) is 4.65. The highest BCUT2D eigenvalue weighted by Gasteiger charge is 2.32. The van der Waals surface area contributed by atoms with Crippen molar-refractivity contribution in [3.05, 3.63) is 0 Å². The third kappa shape index (κ3) is 2.95. The van der Waals surface area contributed by atoms with Gasteiger partial charge >= 0.3 is 0 Å². The third-order valence-corrected chi connectivity index (χ3v) is 5.77. The van der Waals surface area contributed by atoms with Crippen molar-refractivity contribution < 1.29 is 0 Å². The molecule has 2 heteroatoms. The maximum atomic E-state index is 3.99. The fraction of sp³-hybridized carbons (Fsp3) is 1.00. The summed E-state index contributed by atoms with van der Waals surface area (Å²) in [7, 11) is 0. The van der Waals surface area contributed by atoms with Crippen LogP contribution in [0.3, 0.4) is 0 Å². The molecule has 0 spiro atoms. The zero-order valence-electron chi connectivity index (χ0n) is 10.9. The maximum absolute atomic E-state index is 3.99. The molecule has 0 aromatic carbocycles. The van der Waals surface area contributed by atoms with Crippen LogP contribution in [-0.4, -0.2) is 23.1 Å². The smallest absolute Gasteiger partial charge is 0.0201 e. The highest BCUT2D eigenvalue weighted by molar-refractivity contribution is 7.99. The number of thioether (sulfide) groups is 1. The molecule has 2 fully saturated rings. The molecule has 1 N–H and O–H groups in total. The lowest BCUT2D eigenvalue weighted by molar-refractivity contribution is 0.351. The Morgan fingerprint density at radius 3 is 2.50 bits per heavy atom. The number of rotatable bonds is 5. The minimum absolute atomic E-state index is 0.821. The van der Waals surface area contributed by atoms with E-state index in [-0.39, 0.29) is 0 Å². The summed E-state index contributed by atoms with van der Waals surface area (Å²) < 4.78 is 0. The van der Waals surface area contributed by atoms with E-state index in [2.05, 4.69) is 30.9 Å². The van der Waals surface area contributed by atoms with Crippen molar-refractivity contribution >= 4 is 11.8 Å². The molecule has 2 aliphatic carbocycles. The van der Waals surface area contributed by atoms with Gasteiger partial charge in [-0.1, -0.05) is 33.1 Å². The molecule has 0 aromatic rings. The van der Waals surface area contributed by atoms with Crippen LogP contribution in [-0.2, 0) is 0 Å². The SMILES string of the molecule is CCSC1CCCC1NC1CCCC1CC. The Kier molecular flexibility index (Phi) is 5.02. The Morgan fingerprint density at radius 1 is 1.00 bits per heavy atom. The summed E-state index contributed by atoms with van der Waals surface area (Å²) in [5, 5.41) is 4.90. The first-order chi connectivity index (χ1) is 7.85. The lowest BCUT2D eigenvalue weighted by Gasteiger charge is -2.27. The highest BCUT2D eigenvalue weighted by Crippen LogP contribution is 2.34. The molecule has 0 aromatic heterocycles. The lowest BCUT2D eigenvalue weighted by atomic mass is 9.99. The number of hydrogen-bond donors (Lipinski definition) is 1. The number of hydrogen-bond acceptors (Lipinski definition) is 2. The lowest BCUT2D eigenvalue weighted by Crippen LogP contribution is -2.43. The second kappa shape index (κ2) is 6.30. The van der Waals surface area contributed by atoms with E-state index in [1.54, 1.807) is 0 Å². The van der Waals surface area contributed by atoms with Crippen LogP contribution in [0.15, 0.2) is 0 Å². The van der Waals surface area contributed by atoms with E-state index in [1.165, 1.54) is 50.7 Å². The molecular formula is C14H27NS. The predicted octanol–water partition coefficient (Wildman–Crippen LogP) is 3.83. The molecule has 2 rings (SSSR count). The van der Waals surface area contributed by atoms with E-state index >= 15 is 0 Å². The van der Waals surface area contributed by atoms with Crippen molar-refractivity contribution in [2.75, 3.05) is 5.75 Å². The molecule has 0 radical (unpaired) electrons. The van der Waals surface area contributed by atoms with Crippen LogP contribution in [0.2, 0.25) is 0 Å². The first-order valence-corrected chi connectivity index (χ1v) is 8.27. The highest BCUT2D eigenvalue weighted by atomic mass is 32.2. The van der Waals surface area contributed by atoms with Crippen molar-refractivity contribution in [3.63, 3.8) is 0 Å². The summed E-state index contributed by atoms with van der Waals surface area (Å²) >= 11 is 2.18. The van der Waals surface area contributed by atoms with Crippen molar-refractivity contribution in [1.29, 1.82) is 0 Å². The van der Waals surface area contributed by atoms with Gasteiger partial charge in [0, 0.05) is 17.3 Å². The zero-order valence-corrected chi connectivity index (χ0v) is 11.7. The van der Waals surface area contributed by atoms with Gasteiger partial charge in [0.05, 0.1) is 0 Å². The molecule has 94 valence electrons. The molecule has 4 unspecified atom stereocenters. The Labute approximate surface area is 105 Å². The van der Waals surface area contributed by atoms with E-state index in [0.29, 0.717) is 0 Å². The third-order valence-electron chi connectivity index (χ3n) is 4.44. The fourth-order valence-electron chi connectivity index (χ4n) is 3.55. The molecule has 0 saturated heterocycles. The van der Waals surface area contributed by atoms with Crippen molar-refractivity contribution in [3.8, 4) is 0 Å². The fourth-order valence-corrected chi connectivity index (χ4v) is 4.76. The van der Waals surface area contributed by atoms with Crippen LogP contribution in [0.5, 0.6) is 0 Å². The van der Waals surface area contributed by atoms with Crippen LogP contribution in [0.25, 0.3) is 0 Å². The van der Waals surface area contributed by atoms with Gasteiger partial charge in [-0.05, 0) is 37.4 Å². The zero-order chi connectivity index (χ0) is 11.4. The average Bonchev–Trinajstić information content (AvgIpc) is 2.89. The van der Waals surface area contributed by atoms with Gasteiger partial charge in [0.1, 0.15) is 0 Å². The summed E-state index contributed by atoms with van der Waals surface area (Å²) in [6, 6.07) is 1.66. The van der Waals surface area contributed by atoms with Crippen LogP contribution >= 0.6 is 11.8 Å². The van der Waals surface area contributed by atoms with Crippen molar-refractivity contribution in [1.82, 2.24) is 5.32 Å². The van der Waals surface area contributed by atoms with E-state index < -0.39 is 0 Å². The van der Waals surface area contributed by atoms with E-state index in [4.69, 9.17) is 0 Å². The van der Waals surface area contributed by atoms with Crippen LogP contribution in [0.4, 0.5) is 0 Å². The molecule has 16 heavy (non-hydrogen) atoms. The van der Waals surface area contributed by atoms with Gasteiger partial charge in [0.15, 0.2) is 0 Å². The first-order valence-electron chi connectivity index (χ1n) is 7.22. The molecular weight excluding hydrogens is 214 g/mol. The predicted molar refractivity (Wildman–Crippen MR) is 74.1 cm³/mol. The van der Waals surface area contributed by atoms with Crippen molar-refractivity contribution in [2.24, 2.45) is 5.92 Å². The second-order valence-electron chi connectivity index (χ2n) is 5.40. The first kappa shape index (κ1) is 12.8. The second-order valence-corrected chi connectivity index (χ2v) is 6.92. The summed E-state index contributed by atoms with van der Waals surface area (Å²) in [5.74, 6) is 2.25. The number of nitrogens with one attached hydrogen (secondary N) is 1. The van der Waals surface area contributed by atoms with Gasteiger partial charge in [0.2, 0.25) is 0 Å². The minimum atomic E-state index is 0.821. The summed E-state index contributed by atoms with van der Waals surface area (Å²) in [5.41, 5.74) is 0. The molecule has 0 amide bonds. The van der Waals surface area contributed by atoms with E-state index in [1.807, 2.05) is 0 Å². The minimum Gasteiger partial charge on any atom is -0.310 e. The van der Waals surface area contributed by atoms with E-state index in [0.717, 1.165) is 23.3 Å². The molecule has 0 aliphatic heterocycles. The van der Waals surface area contributed by atoms with Gasteiger partial charge < -0.3 is 5.32 Å². The maximum Gasteiger partial charge on any atom is 0.0201 e. The largest absolute Gasteiger partial charge is 0.310 e. The molecule has 1 nitrogen and oxygen atoms in total. The van der Waals surface area contributed by atoms with Crippen LogP contribution in [0, 0.1) is 5.92 Å². The molecule has 2 saturated carbocycles. The average molecular weight is 241 g/mol. The Bertz CT molecular complexity index is 207. The van der Waals surface area contributed by atoms with Gasteiger partial charge in [0.25, 0.3) is 0 Å². The standard InChI is InChI=1S/C14H27NS/c1-3-11-7-5-8-12(11)15-13-9-6-10-14(13)16-4-2/h11-15H,3-10H2,1-2H3. The topological polar surface area (TPSA) is 12.0 Å². The quantitative estimate of drug-likeness (QED) is 0.785. The Balaban J connectivity index is 1.83. The van der Waals surface area contributed by atoms with Crippen LogP contribution in [0.1, 0.15) is 58.8 Å². The van der Waals surface area contributed by atoms with Gasteiger partial charge in [-0.2, -0.15) is 11.8 Å².